The minimum Gasteiger partial charge on any atom is -0.327 e. The SMILES string of the molecule is N[C@@H]1CCCN(CC(=O)Nc2ccccc2)C1. The van der Waals surface area contributed by atoms with E-state index < -0.39 is 0 Å². The molecule has 2 rings (SSSR count). The standard InChI is InChI=1S/C13H19N3O/c14-11-5-4-8-16(9-11)10-13(17)15-12-6-2-1-3-7-12/h1-3,6-7,11H,4-5,8-10,14H2,(H,15,17)/t11-/m1/s1. The lowest BCUT2D eigenvalue weighted by molar-refractivity contribution is -0.117. The highest BCUT2D eigenvalue weighted by atomic mass is 16.2. The Labute approximate surface area is 102 Å². The lowest BCUT2D eigenvalue weighted by Gasteiger charge is -2.29. The minimum atomic E-state index is 0.0327. The molecule has 1 atom stereocenters. The molecule has 0 unspecified atom stereocenters. The number of rotatable bonds is 3. The molecule has 4 heteroatoms. The summed E-state index contributed by atoms with van der Waals surface area (Å²) in [6.07, 6.45) is 2.15. The highest BCUT2D eigenvalue weighted by molar-refractivity contribution is 5.92. The van der Waals surface area contributed by atoms with Gasteiger partial charge in [0.15, 0.2) is 0 Å². The van der Waals surface area contributed by atoms with E-state index in [-0.39, 0.29) is 11.9 Å². The van der Waals surface area contributed by atoms with E-state index in [1.54, 1.807) is 0 Å². The first-order chi connectivity index (χ1) is 8.24. The summed E-state index contributed by atoms with van der Waals surface area (Å²) in [6, 6.07) is 9.74. The van der Waals surface area contributed by atoms with Gasteiger partial charge >= 0.3 is 0 Å². The van der Waals surface area contributed by atoms with E-state index in [1.165, 1.54) is 0 Å². The van der Waals surface area contributed by atoms with Gasteiger partial charge in [-0.1, -0.05) is 18.2 Å². The number of nitrogens with one attached hydrogen (secondary N) is 1. The predicted octanol–water partition coefficient (Wildman–Crippen LogP) is 1.05. The number of carbonyl (C=O) groups is 1. The number of nitrogens with two attached hydrogens (primary N) is 1. The molecule has 1 amide bonds. The smallest absolute Gasteiger partial charge is 0.238 e. The Kier molecular flexibility index (Phi) is 4.12. The molecule has 1 aromatic rings. The summed E-state index contributed by atoms with van der Waals surface area (Å²) < 4.78 is 0. The maximum Gasteiger partial charge on any atom is 0.238 e. The monoisotopic (exact) mass is 233 g/mol. The highest BCUT2D eigenvalue weighted by Gasteiger charge is 2.18. The number of amides is 1. The molecule has 0 bridgehead atoms. The van der Waals surface area contributed by atoms with Crippen LogP contribution >= 0.6 is 0 Å². The van der Waals surface area contributed by atoms with E-state index >= 15 is 0 Å². The molecule has 3 N–H and O–H groups in total. The third-order valence-electron chi connectivity index (χ3n) is 2.97. The van der Waals surface area contributed by atoms with Crippen LogP contribution in [0.25, 0.3) is 0 Å². The quantitative estimate of drug-likeness (QED) is 0.820. The molecule has 0 saturated carbocycles. The summed E-state index contributed by atoms with van der Waals surface area (Å²) in [5.41, 5.74) is 6.73. The molecule has 1 aromatic carbocycles. The Morgan fingerprint density at radius 3 is 2.88 bits per heavy atom. The van der Waals surface area contributed by atoms with Crippen LogP contribution in [0.15, 0.2) is 30.3 Å². The number of para-hydroxylation sites is 1. The fourth-order valence-electron chi connectivity index (χ4n) is 2.16. The van der Waals surface area contributed by atoms with Gasteiger partial charge in [-0.25, -0.2) is 0 Å². The average molecular weight is 233 g/mol. The van der Waals surface area contributed by atoms with E-state index in [0.29, 0.717) is 6.54 Å². The van der Waals surface area contributed by atoms with Crippen molar-refractivity contribution >= 4 is 11.6 Å². The fraction of sp³-hybridized carbons (Fsp3) is 0.462. The number of anilines is 1. The molecule has 0 aliphatic carbocycles. The molecule has 92 valence electrons. The zero-order valence-corrected chi connectivity index (χ0v) is 9.93. The van der Waals surface area contributed by atoms with Gasteiger partial charge in [0, 0.05) is 18.3 Å². The van der Waals surface area contributed by atoms with Crippen molar-refractivity contribution in [3.05, 3.63) is 30.3 Å². The topological polar surface area (TPSA) is 58.4 Å². The van der Waals surface area contributed by atoms with Crippen LogP contribution in [0.2, 0.25) is 0 Å². The van der Waals surface area contributed by atoms with E-state index in [9.17, 15) is 4.79 Å². The summed E-state index contributed by atoms with van der Waals surface area (Å²) in [5.74, 6) is 0.0327. The van der Waals surface area contributed by atoms with Gasteiger partial charge in [-0.3, -0.25) is 9.69 Å². The first-order valence-electron chi connectivity index (χ1n) is 6.07. The van der Waals surface area contributed by atoms with Gasteiger partial charge in [-0.2, -0.15) is 0 Å². The molecular weight excluding hydrogens is 214 g/mol. The molecule has 1 aliphatic heterocycles. The van der Waals surface area contributed by atoms with Crippen molar-refractivity contribution in [2.45, 2.75) is 18.9 Å². The summed E-state index contributed by atoms with van der Waals surface area (Å²) in [6.45, 7) is 2.22. The molecule has 0 spiro atoms. The Balaban J connectivity index is 1.81. The predicted molar refractivity (Wildman–Crippen MR) is 68.7 cm³/mol. The van der Waals surface area contributed by atoms with Crippen molar-refractivity contribution < 1.29 is 4.79 Å². The van der Waals surface area contributed by atoms with E-state index in [1.807, 2.05) is 30.3 Å². The Hall–Kier alpha value is -1.39. The number of carbonyl (C=O) groups excluding carboxylic acids is 1. The molecular formula is C13H19N3O. The maximum absolute atomic E-state index is 11.8. The Morgan fingerprint density at radius 1 is 1.41 bits per heavy atom. The number of piperidine rings is 1. The van der Waals surface area contributed by atoms with Crippen molar-refractivity contribution in [1.29, 1.82) is 0 Å². The fourth-order valence-corrected chi connectivity index (χ4v) is 2.16. The van der Waals surface area contributed by atoms with Gasteiger partial charge in [-0.15, -0.1) is 0 Å². The second-order valence-corrected chi connectivity index (χ2v) is 4.55. The van der Waals surface area contributed by atoms with Crippen molar-refractivity contribution in [2.24, 2.45) is 5.73 Å². The zero-order chi connectivity index (χ0) is 12.1. The number of benzene rings is 1. The van der Waals surface area contributed by atoms with Gasteiger partial charge in [0.25, 0.3) is 0 Å². The van der Waals surface area contributed by atoms with Crippen LogP contribution in [0.4, 0.5) is 5.69 Å². The highest BCUT2D eigenvalue weighted by Crippen LogP contribution is 2.09. The van der Waals surface area contributed by atoms with Gasteiger partial charge in [0.1, 0.15) is 0 Å². The summed E-state index contributed by atoms with van der Waals surface area (Å²) in [7, 11) is 0. The average Bonchev–Trinajstić information content (AvgIpc) is 2.30. The lowest BCUT2D eigenvalue weighted by Crippen LogP contribution is -2.45. The molecule has 0 radical (unpaired) electrons. The molecule has 1 aliphatic rings. The Bertz CT molecular complexity index is 366. The van der Waals surface area contributed by atoms with E-state index in [2.05, 4.69) is 10.2 Å². The van der Waals surface area contributed by atoms with Gasteiger partial charge in [-0.05, 0) is 31.5 Å². The summed E-state index contributed by atoms with van der Waals surface area (Å²) in [4.78, 5) is 13.9. The van der Waals surface area contributed by atoms with Crippen molar-refractivity contribution in [1.82, 2.24) is 4.90 Å². The molecule has 0 aromatic heterocycles. The normalized spacial score (nSPS) is 21.1. The van der Waals surface area contributed by atoms with Gasteiger partial charge in [0.2, 0.25) is 5.91 Å². The number of hydrogen-bond donors (Lipinski definition) is 2. The van der Waals surface area contributed by atoms with Crippen LogP contribution in [-0.4, -0.2) is 36.5 Å². The molecule has 1 fully saturated rings. The molecule has 17 heavy (non-hydrogen) atoms. The largest absolute Gasteiger partial charge is 0.327 e. The molecule has 1 saturated heterocycles. The maximum atomic E-state index is 11.8. The van der Waals surface area contributed by atoms with Crippen LogP contribution in [0.1, 0.15) is 12.8 Å². The van der Waals surface area contributed by atoms with Crippen molar-refractivity contribution in [3.8, 4) is 0 Å². The van der Waals surface area contributed by atoms with Crippen molar-refractivity contribution in [2.75, 3.05) is 25.0 Å². The van der Waals surface area contributed by atoms with Crippen molar-refractivity contribution in [3.63, 3.8) is 0 Å². The third kappa shape index (κ3) is 3.84. The van der Waals surface area contributed by atoms with Crippen LogP contribution < -0.4 is 11.1 Å². The third-order valence-corrected chi connectivity index (χ3v) is 2.97. The second-order valence-electron chi connectivity index (χ2n) is 4.55. The van der Waals surface area contributed by atoms with Crippen LogP contribution in [0, 0.1) is 0 Å². The Morgan fingerprint density at radius 2 is 2.18 bits per heavy atom. The molecule has 4 nitrogen and oxygen atoms in total. The van der Waals surface area contributed by atoms with Gasteiger partial charge in [0.05, 0.1) is 6.54 Å². The minimum absolute atomic E-state index is 0.0327. The first-order valence-corrected chi connectivity index (χ1v) is 6.07. The van der Waals surface area contributed by atoms with Crippen LogP contribution in [0.3, 0.4) is 0 Å². The number of nitrogens with zero attached hydrogens (tertiary/aromatic N) is 1. The summed E-state index contributed by atoms with van der Waals surface area (Å²) in [5, 5.41) is 2.88. The van der Waals surface area contributed by atoms with Crippen LogP contribution in [0.5, 0.6) is 0 Å². The first kappa shape index (κ1) is 12.1. The number of hydrogen-bond acceptors (Lipinski definition) is 3. The lowest BCUT2D eigenvalue weighted by atomic mass is 10.1. The van der Waals surface area contributed by atoms with Crippen LogP contribution in [-0.2, 0) is 4.79 Å². The zero-order valence-electron chi connectivity index (χ0n) is 9.93. The number of likely N-dealkylation sites (tertiary alicyclic amines) is 1. The van der Waals surface area contributed by atoms with E-state index in [4.69, 9.17) is 5.73 Å². The van der Waals surface area contributed by atoms with Gasteiger partial charge < -0.3 is 11.1 Å². The second kappa shape index (κ2) is 5.80. The molecule has 1 heterocycles. The van der Waals surface area contributed by atoms with E-state index in [0.717, 1.165) is 31.6 Å². The summed E-state index contributed by atoms with van der Waals surface area (Å²) >= 11 is 0.